The molecule has 0 spiro atoms. The first-order chi connectivity index (χ1) is 9.85. The highest BCUT2D eigenvalue weighted by atomic mass is 19.4. The Labute approximate surface area is 117 Å². The van der Waals surface area contributed by atoms with Gasteiger partial charge in [0.25, 0.3) is 5.78 Å². The van der Waals surface area contributed by atoms with Gasteiger partial charge in [-0.2, -0.15) is 13.2 Å². The summed E-state index contributed by atoms with van der Waals surface area (Å²) in [7, 11) is 1.25. The Morgan fingerprint density at radius 1 is 1.38 bits per heavy atom. The van der Waals surface area contributed by atoms with Gasteiger partial charge in [0.2, 0.25) is 0 Å². The maximum Gasteiger partial charge on any atom is 0.454 e. The fraction of sp³-hybridized carbons (Fsp3) is 0.417. The summed E-state index contributed by atoms with van der Waals surface area (Å²) in [4.78, 5) is 13.5. The van der Waals surface area contributed by atoms with E-state index >= 15 is 0 Å². The standard InChI is InChI=1S/C12H11F4N3O2/c1-21-10(9(6-13)18-19-17)7-2-4-8(5-3-7)11(20)12(14,15)16/h2-5,9-10H,6H2,1H3/t9-,10-/m1/s1. The average molecular weight is 305 g/mol. The van der Waals surface area contributed by atoms with E-state index in [9.17, 15) is 22.4 Å². The molecule has 0 saturated heterocycles. The summed E-state index contributed by atoms with van der Waals surface area (Å²) >= 11 is 0. The highest BCUT2D eigenvalue weighted by molar-refractivity contribution is 6.00. The van der Waals surface area contributed by atoms with Crippen LogP contribution in [0.25, 0.3) is 10.4 Å². The van der Waals surface area contributed by atoms with E-state index in [2.05, 4.69) is 10.0 Å². The van der Waals surface area contributed by atoms with Crippen LogP contribution in [-0.4, -0.2) is 31.8 Å². The molecular formula is C12H11F4N3O2. The lowest BCUT2D eigenvalue weighted by molar-refractivity contribution is -0.0885. The van der Waals surface area contributed by atoms with Crippen molar-refractivity contribution in [1.82, 2.24) is 0 Å². The molecule has 0 saturated carbocycles. The number of carbonyl (C=O) groups excluding carboxylic acids is 1. The second kappa shape index (κ2) is 7.05. The number of nitrogens with zero attached hydrogens (tertiary/aromatic N) is 3. The first kappa shape index (κ1) is 16.9. The highest BCUT2D eigenvalue weighted by Crippen LogP contribution is 2.26. The summed E-state index contributed by atoms with van der Waals surface area (Å²) in [5.74, 6) is -1.97. The molecule has 9 heteroatoms. The lowest BCUT2D eigenvalue weighted by atomic mass is 10.0. The molecule has 114 valence electrons. The maximum absolute atomic E-state index is 12.8. The van der Waals surface area contributed by atoms with Crippen molar-refractivity contribution in [2.45, 2.75) is 18.3 Å². The van der Waals surface area contributed by atoms with Gasteiger partial charge >= 0.3 is 6.18 Å². The Bertz CT molecular complexity index is 538. The normalized spacial score (nSPS) is 14.1. The molecule has 1 rings (SSSR count). The quantitative estimate of drug-likeness (QED) is 0.264. The number of halogens is 4. The predicted octanol–water partition coefficient (Wildman–Crippen LogP) is 3.77. The van der Waals surface area contributed by atoms with Gasteiger partial charge in [-0.05, 0) is 11.1 Å². The van der Waals surface area contributed by atoms with Gasteiger partial charge in [0.15, 0.2) is 0 Å². The third-order valence-electron chi connectivity index (χ3n) is 2.72. The van der Waals surface area contributed by atoms with Crippen LogP contribution in [0, 0.1) is 0 Å². The van der Waals surface area contributed by atoms with E-state index in [1.807, 2.05) is 0 Å². The topological polar surface area (TPSA) is 75.1 Å². The van der Waals surface area contributed by atoms with E-state index in [1.54, 1.807) is 0 Å². The van der Waals surface area contributed by atoms with E-state index in [0.717, 1.165) is 12.1 Å². The molecule has 21 heavy (non-hydrogen) atoms. The van der Waals surface area contributed by atoms with Crippen molar-refractivity contribution in [3.05, 3.63) is 45.8 Å². The van der Waals surface area contributed by atoms with Gasteiger partial charge in [-0.25, -0.2) is 0 Å². The van der Waals surface area contributed by atoms with Crippen LogP contribution in [0.15, 0.2) is 29.4 Å². The fourth-order valence-corrected chi connectivity index (χ4v) is 1.74. The number of rotatable bonds is 6. The second-order valence-electron chi connectivity index (χ2n) is 4.03. The van der Waals surface area contributed by atoms with Crippen LogP contribution in [0.4, 0.5) is 17.6 Å². The van der Waals surface area contributed by atoms with Crippen LogP contribution in [0.2, 0.25) is 0 Å². The first-order valence-corrected chi connectivity index (χ1v) is 5.69. The van der Waals surface area contributed by atoms with Crippen LogP contribution < -0.4 is 0 Å². The third-order valence-corrected chi connectivity index (χ3v) is 2.72. The summed E-state index contributed by atoms with van der Waals surface area (Å²) in [5, 5.41) is 3.22. The van der Waals surface area contributed by atoms with Crippen molar-refractivity contribution in [3.63, 3.8) is 0 Å². The molecule has 0 heterocycles. The molecular weight excluding hydrogens is 294 g/mol. The highest BCUT2D eigenvalue weighted by Gasteiger charge is 2.39. The maximum atomic E-state index is 12.8. The minimum Gasteiger partial charge on any atom is -0.376 e. The number of azide groups is 1. The van der Waals surface area contributed by atoms with Gasteiger partial charge in [0, 0.05) is 17.6 Å². The Hall–Kier alpha value is -2.12. The van der Waals surface area contributed by atoms with E-state index in [1.165, 1.54) is 19.2 Å². The molecule has 0 amide bonds. The van der Waals surface area contributed by atoms with Crippen molar-refractivity contribution in [2.24, 2.45) is 5.11 Å². The minimum absolute atomic E-state index is 0.297. The average Bonchev–Trinajstić information content (AvgIpc) is 2.46. The number of carbonyl (C=O) groups is 1. The van der Waals surface area contributed by atoms with Crippen molar-refractivity contribution in [1.29, 1.82) is 0 Å². The molecule has 0 aliphatic carbocycles. The number of hydrogen-bond acceptors (Lipinski definition) is 3. The monoisotopic (exact) mass is 305 g/mol. The zero-order chi connectivity index (χ0) is 16.0. The molecule has 0 fully saturated rings. The predicted molar refractivity (Wildman–Crippen MR) is 65.5 cm³/mol. The fourth-order valence-electron chi connectivity index (χ4n) is 1.74. The molecule has 0 aliphatic heterocycles. The van der Waals surface area contributed by atoms with Gasteiger partial charge in [-0.1, -0.05) is 29.4 Å². The molecule has 1 aromatic carbocycles. The van der Waals surface area contributed by atoms with E-state index in [4.69, 9.17) is 10.3 Å². The van der Waals surface area contributed by atoms with Gasteiger partial charge < -0.3 is 4.74 Å². The first-order valence-electron chi connectivity index (χ1n) is 5.69. The molecule has 2 atom stereocenters. The SMILES string of the molecule is CO[C@H](c1ccc(C(=O)C(F)(F)F)cc1)[C@@H](CF)N=[N+]=[N-]. The lowest BCUT2D eigenvalue weighted by Gasteiger charge is -2.20. The van der Waals surface area contributed by atoms with Crippen molar-refractivity contribution < 1.29 is 27.1 Å². The number of ketones is 1. The minimum atomic E-state index is -4.96. The molecule has 0 N–H and O–H groups in total. The summed E-state index contributed by atoms with van der Waals surface area (Å²) in [6.07, 6.45) is -5.92. The number of Topliss-reactive ketones (excluding diaryl/α,β-unsaturated/α-hetero) is 1. The molecule has 5 nitrogen and oxygen atoms in total. The summed E-state index contributed by atoms with van der Waals surface area (Å²) in [5.41, 5.74) is 8.09. The second-order valence-corrected chi connectivity index (χ2v) is 4.03. The summed E-state index contributed by atoms with van der Waals surface area (Å²) in [6, 6.07) is 3.17. The van der Waals surface area contributed by atoms with Crippen molar-refractivity contribution >= 4 is 5.78 Å². The molecule has 0 aromatic heterocycles. The van der Waals surface area contributed by atoms with Crippen LogP contribution in [0.1, 0.15) is 22.0 Å². The Kier molecular flexibility index (Phi) is 5.69. The third kappa shape index (κ3) is 4.17. The van der Waals surface area contributed by atoms with Crippen molar-refractivity contribution in [3.8, 4) is 0 Å². The molecule has 0 radical (unpaired) electrons. The van der Waals surface area contributed by atoms with Crippen LogP contribution >= 0.6 is 0 Å². The van der Waals surface area contributed by atoms with Crippen molar-refractivity contribution in [2.75, 3.05) is 13.8 Å². The van der Waals surface area contributed by atoms with Crippen LogP contribution in [0.5, 0.6) is 0 Å². The number of hydrogen-bond donors (Lipinski definition) is 0. The summed E-state index contributed by atoms with van der Waals surface area (Å²) < 4.78 is 54.6. The number of ether oxygens (including phenoxy) is 1. The van der Waals surface area contributed by atoms with E-state index in [-0.39, 0.29) is 0 Å². The number of alkyl halides is 4. The number of benzene rings is 1. The Morgan fingerprint density at radius 3 is 2.33 bits per heavy atom. The molecule has 0 aliphatic rings. The van der Waals surface area contributed by atoms with E-state index < -0.39 is 36.3 Å². The zero-order valence-electron chi connectivity index (χ0n) is 10.8. The lowest BCUT2D eigenvalue weighted by Crippen LogP contribution is -2.23. The van der Waals surface area contributed by atoms with Gasteiger partial charge in [0.1, 0.15) is 6.67 Å². The van der Waals surface area contributed by atoms with Gasteiger partial charge in [-0.3, -0.25) is 9.18 Å². The number of methoxy groups -OCH3 is 1. The largest absolute Gasteiger partial charge is 0.454 e. The Morgan fingerprint density at radius 2 is 1.95 bits per heavy atom. The zero-order valence-corrected chi connectivity index (χ0v) is 10.8. The summed E-state index contributed by atoms with van der Waals surface area (Å²) in [6.45, 7) is -0.994. The molecule has 1 aromatic rings. The molecule has 0 bridgehead atoms. The van der Waals surface area contributed by atoms with Gasteiger partial charge in [-0.15, -0.1) is 0 Å². The smallest absolute Gasteiger partial charge is 0.376 e. The van der Waals surface area contributed by atoms with Gasteiger partial charge in [0.05, 0.1) is 12.1 Å². The Balaban J connectivity index is 3.04. The van der Waals surface area contributed by atoms with Crippen LogP contribution in [-0.2, 0) is 4.74 Å². The van der Waals surface area contributed by atoms with E-state index in [0.29, 0.717) is 5.56 Å². The molecule has 0 unspecified atom stereocenters. The van der Waals surface area contributed by atoms with Crippen LogP contribution in [0.3, 0.4) is 0 Å².